The lowest BCUT2D eigenvalue weighted by Gasteiger charge is -2.25. The second-order valence-corrected chi connectivity index (χ2v) is 6.16. The largest absolute Gasteiger partial charge is 0.416 e. The highest BCUT2D eigenvalue weighted by atomic mass is 19.4. The van der Waals surface area contributed by atoms with E-state index < -0.39 is 11.7 Å². The van der Waals surface area contributed by atoms with Crippen LogP contribution in [0.3, 0.4) is 0 Å². The number of hydrogen-bond acceptors (Lipinski definition) is 1. The number of alkyl halides is 3. The van der Waals surface area contributed by atoms with Crippen LogP contribution >= 0.6 is 0 Å². The first-order valence-electron chi connectivity index (χ1n) is 7.81. The summed E-state index contributed by atoms with van der Waals surface area (Å²) in [5.41, 5.74) is 0.222. The number of nitrogens with one attached hydrogen (secondary N) is 1. The van der Waals surface area contributed by atoms with Gasteiger partial charge in [0.25, 0.3) is 0 Å². The molecule has 1 nitrogen and oxygen atoms in total. The Morgan fingerprint density at radius 3 is 2.57 bits per heavy atom. The number of rotatable bonds is 7. The van der Waals surface area contributed by atoms with Gasteiger partial charge in [0.15, 0.2) is 0 Å². The van der Waals surface area contributed by atoms with Crippen molar-refractivity contribution in [1.29, 1.82) is 0 Å². The zero-order valence-electron chi connectivity index (χ0n) is 12.7. The average molecular weight is 299 g/mol. The Morgan fingerprint density at radius 2 is 2.00 bits per heavy atom. The van der Waals surface area contributed by atoms with Crippen LogP contribution in [0.1, 0.15) is 44.2 Å². The van der Waals surface area contributed by atoms with Gasteiger partial charge in [-0.05, 0) is 55.7 Å². The van der Waals surface area contributed by atoms with Gasteiger partial charge in [0.2, 0.25) is 0 Å². The number of halogens is 3. The Labute approximate surface area is 124 Å². The monoisotopic (exact) mass is 299 g/mol. The van der Waals surface area contributed by atoms with E-state index in [1.54, 1.807) is 6.07 Å². The summed E-state index contributed by atoms with van der Waals surface area (Å²) in [5.74, 6) is 1.26. The predicted octanol–water partition coefficient (Wildman–Crippen LogP) is 4.66. The van der Waals surface area contributed by atoms with E-state index in [2.05, 4.69) is 19.2 Å². The van der Waals surface area contributed by atoms with Crippen LogP contribution in [0.15, 0.2) is 24.3 Å². The fraction of sp³-hybridized carbons (Fsp3) is 0.647. The Bertz CT molecular complexity index is 452. The highest BCUT2D eigenvalue weighted by Crippen LogP contribution is 2.39. The van der Waals surface area contributed by atoms with Crippen molar-refractivity contribution in [1.82, 2.24) is 5.32 Å². The van der Waals surface area contributed by atoms with Crippen LogP contribution in [0, 0.1) is 11.8 Å². The van der Waals surface area contributed by atoms with Crippen LogP contribution in [-0.4, -0.2) is 12.6 Å². The maximum absolute atomic E-state index is 12.8. The Kier molecular flexibility index (Phi) is 5.31. The topological polar surface area (TPSA) is 12.0 Å². The zero-order chi connectivity index (χ0) is 15.5. The summed E-state index contributed by atoms with van der Waals surface area (Å²) < 4.78 is 38.4. The molecule has 0 saturated heterocycles. The van der Waals surface area contributed by atoms with Gasteiger partial charge < -0.3 is 5.32 Å². The molecule has 118 valence electrons. The summed E-state index contributed by atoms with van der Waals surface area (Å²) in [5, 5.41) is 3.52. The summed E-state index contributed by atoms with van der Waals surface area (Å²) in [6.45, 7) is 5.25. The Morgan fingerprint density at radius 1 is 1.29 bits per heavy atom. The van der Waals surface area contributed by atoms with Gasteiger partial charge in [-0.1, -0.05) is 32.0 Å². The van der Waals surface area contributed by atoms with Gasteiger partial charge >= 0.3 is 6.18 Å². The van der Waals surface area contributed by atoms with Gasteiger partial charge in [-0.2, -0.15) is 13.2 Å². The van der Waals surface area contributed by atoms with Crippen molar-refractivity contribution >= 4 is 0 Å². The van der Waals surface area contributed by atoms with Crippen LogP contribution in [0.25, 0.3) is 0 Å². The Balaban J connectivity index is 2.08. The van der Waals surface area contributed by atoms with Crippen LogP contribution < -0.4 is 5.32 Å². The summed E-state index contributed by atoms with van der Waals surface area (Å²) >= 11 is 0. The molecule has 0 amide bonds. The molecule has 1 saturated carbocycles. The van der Waals surface area contributed by atoms with E-state index in [9.17, 15) is 13.2 Å². The lowest BCUT2D eigenvalue weighted by Crippen LogP contribution is -2.38. The molecular weight excluding hydrogens is 275 g/mol. The lowest BCUT2D eigenvalue weighted by molar-refractivity contribution is -0.137. The first-order valence-corrected chi connectivity index (χ1v) is 7.81. The SMILES string of the molecule is CCCNC(Cc1cccc(C(F)(F)F)c1)C(C)C1CC1. The lowest BCUT2D eigenvalue weighted by atomic mass is 9.90. The van der Waals surface area contributed by atoms with Gasteiger partial charge in [-0.25, -0.2) is 0 Å². The average Bonchev–Trinajstić information content (AvgIpc) is 3.26. The van der Waals surface area contributed by atoms with Gasteiger partial charge in [0, 0.05) is 6.04 Å². The first kappa shape index (κ1) is 16.3. The molecule has 0 aromatic heterocycles. The van der Waals surface area contributed by atoms with Crippen molar-refractivity contribution in [2.24, 2.45) is 11.8 Å². The van der Waals surface area contributed by atoms with E-state index in [1.807, 2.05) is 0 Å². The highest BCUT2D eigenvalue weighted by molar-refractivity contribution is 5.26. The molecular formula is C17H24F3N. The molecule has 1 aliphatic carbocycles. The summed E-state index contributed by atoms with van der Waals surface area (Å²) in [6, 6.07) is 6.01. The minimum atomic E-state index is -4.26. The first-order chi connectivity index (χ1) is 9.91. The maximum Gasteiger partial charge on any atom is 0.416 e. The normalized spacial score (nSPS) is 18.5. The van der Waals surface area contributed by atoms with Crippen LogP contribution in [0.4, 0.5) is 13.2 Å². The zero-order valence-corrected chi connectivity index (χ0v) is 12.7. The van der Waals surface area contributed by atoms with Gasteiger partial charge in [-0.3, -0.25) is 0 Å². The van der Waals surface area contributed by atoms with Crippen LogP contribution in [0.2, 0.25) is 0 Å². The molecule has 1 fully saturated rings. The summed E-state index contributed by atoms with van der Waals surface area (Å²) in [4.78, 5) is 0. The number of hydrogen-bond donors (Lipinski definition) is 1. The van der Waals surface area contributed by atoms with Gasteiger partial charge in [-0.15, -0.1) is 0 Å². The smallest absolute Gasteiger partial charge is 0.313 e. The molecule has 2 unspecified atom stereocenters. The molecule has 0 bridgehead atoms. The predicted molar refractivity (Wildman–Crippen MR) is 79.1 cm³/mol. The van der Waals surface area contributed by atoms with E-state index in [0.29, 0.717) is 12.3 Å². The molecule has 1 N–H and O–H groups in total. The summed E-state index contributed by atoms with van der Waals surface area (Å²) in [7, 11) is 0. The molecule has 1 aromatic carbocycles. The highest BCUT2D eigenvalue weighted by Gasteiger charge is 2.34. The van der Waals surface area contributed by atoms with Crippen molar-refractivity contribution in [2.45, 2.75) is 51.7 Å². The van der Waals surface area contributed by atoms with E-state index >= 15 is 0 Å². The van der Waals surface area contributed by atoms with Gasteiger partial charge in [0.05, 0.1) is 5.56 Å². The minimum Gasteiger partial charge on any atom is -0.313 e. The fourth-order valence-corrected chi connectivity index (χ4v) is 2.85. The van der Waals surface area contributed by atoms with E-state index in [4.69, 9.17) is 0 Å². The van der Waals surface area contributed by atoms with E-state index in [0.717, 1.165) is 30.5 Å². The minimum absolute atomic E-state index is 0.265. The quantitative estimate of drug-likeness (QED) is 0.772. The second-order valence-electron chi connectivity index (χ2n) is 6.16. The molecule has 0 spiro atoms. The maximum atomic E-state index is 12.8. The fourth-order valence-electron chi connectivity index (χ4n) is 2.85. The van der Waals surface area contributed by atoms with Gasteiger partial charge in [0.1, 0.15) is 0 Å². The molecule has 1 aliphatic rings. The third-order valence-electron chi connectivity index (χ3n) is 4.37. The standard InChI is InChI=1S/C17H24F3N/c1-3-9-21-16(12(2)14-7-8-14)11-13-5-4-6-15(10-13)17(18,19)20/h4-6,10,12,14,16,21H,3,7-9,11H2,1-2H3. The molecule has 4 heteroatoms. The van der Waals surface area contributed by atoms with Crippen LogP contribution in [0.5, 0.6) is 0 Å². The van der Waals surface area contributed by atoms with E-state index in [1.165, 1.54) is 25.0 Å². The van der Waals surface area contributed by atoms with Crippen molar-refractivity contribution in [3.63, 3.8) is 0 Å². The van der Waals surface area contributed by atoms with Crippen LogP contribution in [-0.2, 0) is 12.6 Å². The van der Waals surface area contributed by atoms with Crippen molar-refractivity contribution < 1.29 is 13.2 Å². The molecule has 2 rings (SSSR count). The second kappa shape index (κ2) is 6.82. The molecule has 0 aliphatic heterocycles. The van der Waals surface area contributed by atoms with E-state index in [-0.39, 0.29) is 6.04 Å². The molecule has 1 aromatic rings. The molecule has 21 heavy (non-hydrogen) atoms. The molecule has 2 atom stereocenters. The Hall–Kier alpha value is -1.03. The third-order valence-corrected chi connectivity index (χ3v) is 4.37. The van der Waals surface area contributed by atoms with Crippen molar-refractivity contribution in [2.75, 3.05) is 6.54 Å². The van der Waals surface area contributed by atoms with Crippen molar-refractivity contribution in [3.05, 3.63) is 35.4 Å². The van der Waals surface area contributed by atoms with Crippen molar-refractivity contribution in [3.8, 4) is 0 Å². The molecule has 0 radical (unpaired) electrons. The molecule has 0 heterocycles. The summed E-state index contributed by atoms with van der Waals surface area (Å²) in [6.07, 6.45) is -0.0371. The third kappa shape index (κ3) is 4.73. The number of benzene rings is 1.